The molecule has 1 fully saturated rings. The number of likely N-dealkylation sites (tertiary alicyclic amines) is 1. The minimum absolute atomic E-state index is 0. The van der Waals surface area contributed by atoms with Crippen LogP contribution in [0.15, 0.2) is 29.4 Å². The fourth-order valence-electron chi connectivity index (χ4n) is 3.77. The quantitative estimate of drug-likeness (QED) is 0.286. The van der Waals surface area contributed by atoms with Crippen LogP contribution in [0.3, 0.4) is 0 Å². The Labute approximate surface area is 189 Å². The van der Waals surface area contributed by atoms with E-state index in [2.05, 4.69) is 25.5 Å². The number of H-pyrrole nitrogens is 1. The molecule has 162 valence electrons. The Morgan fingerprint density at radius 2 is 2.10 bits per heavy atom. The lowest BCUT2D eigenvalue weighted by atomic mass is 9.97. The van der Waals surface area contributed by atoms with Crippen LogP contribution in [0.25, 0.3) is 10.9 Å². The van der Waals surface area contributed by atoms with E-state index in [4.69, 9.17) is 4.74 Å². The molecule has 8 heteroatoms. The Hall–Kier alpha value is -1.39. The molecule has 1 aliphatic heterocycles. The second kappa shape index (κ2) is 12.3. The van der Waals surface area contributed by atoms with E-state index in [0.717, 1.165) is 68.2 Å². The number of aliphatic imine (C=N–C) groups is 1. The number of ether oxygens (including phenoxy) is 1. The molecule has 3 N–H and O–H groups in total. The van der Waals surface area contributed by atoms with Gasteiger partial charge in [-0.25, -0.2) is 4.39 Å². The van der Waals surface area contributed by atoms with E-state index in [1.807, 2.05) is 6.20 Å². The van der Waals surface area contributed by atoms with Gasteiger partial charge in [0.1, 0.15) is 5.82 Å². The van der Waals surface area contributed by atoms with E-state index in [1.165, 1.54) is 18.9 Å². The van der Waals surface area contributed by atoms with Gasteiger partial charge in [0.25, 0.3) is 0 Å². The van der Waals surface area contributed by atoms with Gasteiger partial charge < -0.3 is 25.3 Å². The van der Waals surface area contributed by atoms with Crippen LogP contribution in [-0.2, 0) is 11.2 Å². The summed E-state index contributed by atoms with van der Waals surface area (Å²) in [4.78, 5) is 9.99. The molecule has 0 spiro atoms. The molecule has 0 atom stereocenters. The first-order valence-corrected chi connectivity index (χ1v) is 10.1. The molecule has 0 amide bonds. The SMILES string of the molecule is CN=C(NCCc1c[nH]c2ccc(F)cc12)NCC1CCN(CCOC)CC1.I. The fraction of sp³-hybridized carbons (Fsp3) is 0.571. The van der Waals surface area contributed by atoms with Crippen molar-refractivity contribution in [1.82, 2.24) is 20.5 Å². The number of nitrogens with one attached hydrogen (secondary N) is 3. The molecule has 0 saturated carbocycles. The van der Waals surface area contributed by atoms with Crippen LogP contribution >= 0.6 is 24.0 Å². The maximum absolute atomic E-state index is 13.5. The number of methoxy groups -OCH3 is 1. The summed E-state index contributed by atoms with van der Waals surface area (Å²) in [5.41, 5.74) is 2.08. The maximum atomic E-state index is 13.5. The van der Waals surface area contributed by atoms with E-state index >= 15 is 0 Å². The second-order valence-electron chi connectivity index (χ2n) is 7.41. The molecule has 6 nitrogen and oxygen atoms in total. The van der Waals surface area contributed by atoms with E-state index < -0.39 is 0 Å². The number of hydrogen-bond donors (Lipinski definition) is 3. The summed E-state index contributed by atoms with van der Waals surface area (Å²) in [6.07, 6.45) is 5.17. The molecule has 1 aromatic heterocycles. The number of nitrogens with zero attached hydrogens (tertiary/aromatic N) is 2. The summed E-state index contributed by atoms with van der Waals surface area (Å²) in [5.74, 6) is 1.30. The smallest absolute Gasteiger partial charge is 0.190 e. The van der Waals surface area contributed by atoms with Gasteiger partial charge in [-0.05, 0) is 62.0 Å². The lowest BCUT2D eigenvalue weighted by Crippen LogP contribution is -2.43. The van der Waals surface area contributed by atoms with Gasteiger partial charge >= 0.3 is 0 Å². The molecular formula is C21H33FIN5O. The van der Waals surface area contributed by atoms with E-state index in [0.29, 0.717) is 5.92 Å². The third-order valence-electron chi connectivity index (χ3n) is 5.52. The summed E-state index contributed by atoms with van der Waals surface area (Å²) in [6, 6.07) is 4.85. The van der Waals surface area contributed by atoms with Crippen molar-refractivity contribution in [3.05, 3.63) is 35.8 Å². The van der Waals surface area contributed by atoms with Gasteiger partial charge in [-0.3, -0.25) is 4.99 Å². The average molecular weight is 517 g/mol. The summed E-state index contributed by atoms with van der Waals surface area (Å²) < 4.78 is 18.7. The topological polar surface area (TPSA) is 64.7 Å². The Balaban J connectivity index is 0.00000300. The highest BCUT2D eigenvalue weighted by Crippen LogP contribution is 2.19. The van der Waals surface area contributed by atoms with Crippen molar-refractivity contribution in [2.24, 2.45) is 10.9 Å². The van der Waals surface area contributed by atoms with Crippen LogP contribution in [0.4, 0.5) is 4.39 Å². The summed E-state index contributed by atoms with van der Waals surface area (Å²) in [7, 11) is 3.55. The van der Waals surface area contributed by atoms with Crippen molar-refractivity contribution in [2.45, 2.75) is 19.3 Å². The van der Waals surface area contributed by atoms with Crippen LogP contribution in [0, 0.1) is 11.7 Å². The van der Waals surface area contributed by atoms with Gasteiger partial charge in [-0.1, -0.05) is 0 Å². The van der Waals surface area contributed by atoms with Gasteiger partial charge in [0.05, 0.1) is 6.61 Å². The first kappa shape index (κ1) is 23.9. The number of aromatic amines is 1. The summed E-state index contributed by atoms with van der Waals surface area (Å²) in [6.45, 7) is 5.80. The predicted octanol–water partition coefficient (Wildman–Crippen LogP) is 2.99. The molecule has 0 aliphatic carbocycles. The van der Waals surface area contributed by atoms with Gasteiger partial charge in [-0.15, -0.1) is 24.0 Å². The number of aromatic nitrogens is 1. The second-order valence-corrected chi connectivity index (χ2v) is 7.41. The number of guanidine groups is 1. The van der Waals surface area contributed by atoms with Crippen molar-refractivity contribution in [2.75, 3.05) is 53.5 Å². The van der Waals surface area contributed by atoms with E-state index in [9.17, 15) is 4.39 Å². The zero-order chi connectivity index (χ0) is 19.8. The number of benzene rings is 1. The van der Waals surface area contributed by atoms with Crippen LogP contribution in [0.2, 0.25) is 0 Å². The zero-order valence-corrected chi connectivity index (χ0v) is 19.7. The van der Waals surface area contributed by atoms with Crippen LogP contribution < -0.4 is 10.6 Å². The highest BCUT2D eigenvalue weighted by molar-refractivity contribution is 14.0. The molecule has 29 heavy (non-hydrogen) atoms. The van der Waals surface area contributed by atoms with E-state index in [1.54, 1.807) is 26.3 Å². The number of piperidine rings is 1. The first-order chi connectivity index (χ1) is 13.7. The molecule has 1 aliphatic rings. The lowest BCUT2D eigenvalue weighted by Gasteiger charge is -2.32. The minimum atomic E-state index is -0.202. The summed E-state index contributed by atoms with van der Waals surface area (Å²) >= 11 is 0. The Morgan fingerprint density at radius 3 is 2.83 bits per heavy atom. The third-order valence-corrected chi connectivity index (χ3v) is 5.52. The average Bonchev–Trinajstić information content (AvgIpc) is 3.11. The van der Waals surface area contributed by atoms with Crippen molar-refractivity contribution >= 4 is 40.8 Å². The lowest BCUT2D eigenvalue weighted by molar-refractivity contribution is 0.121. The minimum Gasteiger partial charge on any atom is -0.383 e. The van der Waals surface area contributed by atoms with Crippen molar-refractivity contribution in [3.8, 4) is 0 Å². The first-order valence-electron chi connectivity index (χ1n) is 10.1. The molecule has 2 aromatic rings. The normalized spacial score (nSPS) is 16.0. The van der Waals surface area contributed by atoms with Crippen molar-refractivity contribution < 1.29 is 9.13 Å². The Morgan fingerprint density at radius 1 is 1.31 bits per heavy atom. The standard InChI is InChI=1S/C21H32FN5O.HI/c1-23-21(26-14-16-6-9-27(10-7-16)11-12-28-2)24-8-5-17-15-25-20-4-3-18(22)13-19(17)20;/h3-4,13,15-16,25H,5-12,14H2,1-2H3,(H2,23,24,26);1H. The Bertz CT molecular complexity index is 774. The molecular weight excluding hydrogens is 484 g/mol. The zero-order valence-electron chi connectivity index (χ0n) is 17.3. The molecule has 1 saturated heterocycles. The molecule has 0 radical (unpaired) electrons. The molecule has 0 bridgehead atoms. The van der Waals surface area contributed by atoms with Crippen LogP contribution in [0.5, 0.6) is 0 Å². The number of halogens is 2. The molecule has 0 unspecified atom stereocenters. The number of hydrogen-bond acceptors (Lipinski definition) is 3. The summed E-state index contributed by atoms with van der Waals surface area (Å²) in [5, 5.41) is 7.77. The number of fused-ring (bicyclic) bond motifs is 1. The monoisotopic (exact) mass is 517 g/mol. The fourth-order valence-corrected chi connectivity index (χ4v) is 3.77. The van der Waals surface area contributed by atoms with Gasteiger partial charge in [0.15, 0.2) is 5.96 Å². The Kier molecular flexibility index (Phi) is 10.2. The van der Waals surface area contributed by atoms with Crippen LogP contribution in [0.1, 0.15) is 18.4 Å². The molecule has 2 heterocycles. The van der Waals surface area contributed by atoms with Gasteiger partial charge in [0, 0.05) is 50.9 Å². The predicted molar refractivity (Wildman–Crippen MR) is 128 cm³/mol. The van der Waals surface area contributed by atoms with Gasteiger partial charge in [0.2, 0.25) is 0 Å². The van der Waals surface area contributed by atoms with Gasteiger partial charge in [-0.2, -0.15) is 0 Å². The maximum Gasteiger partial charge on any atom is 0.190 e. The van der Waals surface area contributed by atoms with Crippen molar-refractivity contribution in [1.29, 1.82) is 0 Å². The highest BCUT2D eigenvalue weighted by atomic mass is 127. The number of rotatable bonds is 8. The van der Waals surface area contributed by atoms with E-state index in [-0.39, 0.29) is 29.8 Å². The van der Waals surface area contributed by atoms with Crippen LogP contribution in [-0.4, -0.2) is 69.3 Å². The largest absolute Gasteiger partial charge is 0.383 e. The highest BCUT2D eigenvalue weighted by Gasteiger charge is 2.19. The van der Waals surface area contributed by atoms with Crippen molar-refractivity contribution in [3.63, 3.8) is 0 Å². The molecule has 1 aromatic carbocycles. The molecule has 3 rings (SSSR count). The third kappa shape index (κ3) is 7.11.